The van der Waals surface area contributed by atoms with Gasteiger partial charge in [-0.25, -0.2) is 0 Å². The fraction of sp³-hybridized carbons (Fsp3) is 0.562. The van der Waals surface area contributed by atoms with Crippen LogP contribution in [0.1, 0.15) is 24.9 Å². The lowest BCUT2D eigenvalue weighted by molar-refractivity contribution is -0.136. The number of rotatable bonds is 4. The van der Waals surface area contributed by atoms with E-state index in [1.165, 1.54) is 5.56 Å². The van der Waals surface area contributed by atoms with Crippen molar-refractivity contribution in [3.63, 3.8) is 0 Å². The first kappa shape index (κ1) is 16.5. The maximum atomic E-state index is 12.5. The van der Waals surface area contributed by atoms with Crippen molar-refractivity contribution in [1.82, 2.24) is 15.1 Å². The molecule has 1 amide bonds. The Morgan fingerprint density at radius 3 is 2.67 bits per heavy atom. The van der Waals surface area contributed by atoms with Crippen LogP contribution in [0.4, 0.5) is 0 Å². The van der Waals surface area contributed by atoms with Crippen molar-refractivity contribution in [1.29, 1.82) is 0 Å². The van der Waals surface area contributed by atoms with Gasteiger partial charge < -0.3 is 10.2 Å². The molecule has 2 atom stereocenters. The van der Waals surface area contributed by atoms with Crippen molar-refractivity contribution in [3.05, 3.63) is 34.3 Å². The van der Waals surface area contributed by atoms with E-state index < -0.39 is 0 Å². The van der Waals surface area contributed by atoms with E-state index in [9.17, 15) is 4.79 Å². The Morgan fingerprint density at radius 1 is 1.43 bits per heavy atom. The zero-order valence-electron chi connectivity index (χ0n) is 13.0. The monoisotopic (exact) mass is 353 g/mol. The van der Waals surface area contributed by atoms with Crippen molar-refractivity contribution in [2.24, 2.45) is 0 Å². The summed E-state index contributed by atoms with van der Waals surface area (Å²) in [7, 11) is 3.66. The second-order valence-corrected chi connectivity index (χ2v) is 6.58. The Morgan fingerprint density at radius 2 is 2.10 bits per heavy atom. The van der Waals surface area contributed by atoms with Gasteiger partial charge in [-0.15, -0.1) is 0 Å². The summed E-state index contributed by atoms with van der Waals surface area (Å²) in [4.78, 5) is 16.5. The van der Waals surface area contributed by atoms with Crippen LogP contribution >= 0.6 is 15.9 Å². The van der Waals surface area contributed by atoms with Crippen molar-refractivity contribution < 1.29 is 4.79 Å². The van der Waals surface area contributed by atoms with Gasteiger partial charge in [0.25, 0.3) is 0 Å². The highest BCUT2D eigenvalue weighted by atomic mass is 79.9. The van der Waals surface area contributed by atoms with Crippen LogP contribution in [0.25, 0.3) is 0 Å². The number of hydrogen-bond acceptors (Lipinski definition) is 3. The van der Waals surface area contributed by atoms with Gasteiger partial charge in [-0.3, -0.25) is 9.69 Å². The molecule has 1 aliphatic heterocycles. The van der Waals surface area contributed by atoms with Crippen LogP contribution in [0, 0.1) is 0 Å². The van der Waals surface area contributed by atoms with Crippen LogP contribution in [0.3, 0.4) is 0 Å². The molecule has 4 nitrogen and oxygen atoms in total. The molecule has 1 aromatic carbocycles. The maximum absolute atomic E-state index is 12.5. The topological polar surface area (TPSA) is 35.6 Å². The number of likely N-dealkylation sites (N-methyl/N-ethyl adjacent to an activating group) is 1. The maximum Gasteiger partial charge on any atom is 0.240 e. The highest BCUT2D eigenvalue weighted by Crippen LogP contribution is 2.28. The molecule has 1 aliphatic rings. The van der Waals surface area contributed by atoms with Crippen LogP contribution in [-0.2, 0) is 4.79 Å². The van der Waals surface area contributed by atoms with Crippen molar-refractivity contribution >= 4 is 21.8 Å². The number of carbonyl (C=O) groups is 1. The predicted molar refractivity (Wildman–Crippen MR) is 89.2 cm³/mol. The minimum atomic E-state index is -0.0812. The molecular weight excluding hydrogens is 330 g/mol. The number of nitrogens with zero attached hydrogens (tertiary/aromatic N) is 2. The summed E-state index contributed by atoms with van der Waals surface area (Å²) < 4.78 is 1.09. The van der Waals surface area contributed by atoms with Gasteiger partial charge in [0.1, 0.15) is 6.04 Å². The SMILES string of the molecule is CCC(c1ccc(Br)cc1)N1CCNCC1C(=O)N(C)C. The molecule has 1 fully saturated rings. The number of hydrogen-bond donors (Lipinski definition) is 1. The quantitative estimate of drug-likeness (QED) is 0.901. The molecule has 1 N–H and O–H groups in total. The number of benzene rings is 1. The molecule has 2 unspecified atom stereocenters. The lowest BCUT2D eigenvalue weighted by atomic mass is 9.99. The average molecular weight is 354 g/mol. The molecule has 1 heterocycles. The number of halogens is 1. The molecule has 2 rings (SSSR count). The number of carbonyl (C=O) groups excluding carboxylic acids is 1. The third-order valence-corrected chi connectivity index (χ3v) is 4.58. The summed E-state index contributed by atoms with van der Waals surface area (Å²) >= 11 is 3.48. The molecule has 21 heavy (non-hydrogen) atoms. The minimum absolute atomic E-state index is 0.0812. The summed E-state index contributed by atoms with van der Waals surface area (Å²) in [6.07, 6.45) is 0.999. The predicted octanol–water partition coefficient (Wildman–Crippen LogP) is 2.26. The van der Waals surface area contributed by atoms with Gasteiger partial charge in [0.05, 0.1) is 0 Å². The fourth-order valence-electron chi connectivity index (χ4n) is 2.97. The van der Waals surface area contributed by atoms with Crippen LogP contribution in [0.2, 0.25) is 0 Å². The summed E-state index contributed by atoms with van der Waals surface area (Å²) in [5.41, 5.74) is 1.28. The van der Waals surface area contributed by atoms with E-state index in [1.54, 1.807) is 4.90 Å². The summed E-state index contributed by atoms with van der Waals surface area (Å²) in [5.74, 6) is 0.178. The van der Waals surface area contributed by atoms with Gasteiger partial charge in [0.2, 0.25) is 5.91 Å². The number of piperazine rings is 1. The zero-order chi connectivity index (χ0) is 15.4. The van der Waals surface area contributed by atoms with Crippen molar-refractivity contribution in [2.45, 2.75) is 25.4 Å². The van der Waals surface area contributed by atoms with Gasteiger partial charge in [-0.05, 0) is 24.1 Å². The summed E-state index contributed by atoms with van der Waals surface area (Å²) in [5, 5.41) is 3.34. The summed E-state index contributed by atoms with van der Waals surface area (Å²) in [6.45, 7) is 4.75. The van der Waals surface area contributed by atoms with Gasteiger partial charge in [-0.1, -0.05) is 35.0 Å². The smallest absolute Gasteiger partial charge is 0.240 e. The lowest BCUT2D eigenvalue weighted by Gasteiger charge is -2.41. The Hall–Kier alpha value is -0.910. The van der Waals surface area contributed by atoms with Crippen LogP contribution in [0.15, 0.2) is 28.7 Å². The first-order valence-corrected chi connectivity index (χ1v) is 8.27. The third-order valence-electron chi connectivity index (χ3n) is 4.05. The number of nitrogens with one attached hydrogen (secondary N) is 1. The van der Waals surface area contributed by atoms with E-state index in [0.29, 0.717) is 0 Å². The summed E-state index contributed by atoms with van der Waals surface area (Å²) in [6, 6.07) is 8.65. The van der Waals surface area contributed by atoms with Crippen LogP contribution in [-0.4, -0.2) is 55.5 Å². The highest BCUT2D eigenvalue weighted by molar-refractivity contribution is 9.10. The molecule has 0 spiro atoms. The van der Waals surface area contributed by atoms with E-state index in [-0.39, 0.29) is 18.0 Å². The molecule has 5 heteroatoms. The standard InChI is InChI=1S/C16H24BrN3O/c1-4-14(12-5-7-13(17)8-6-12)20-10-9-18-11-15(20)16(21)19(2)3/h5-8,14-15,18H,4,9-11H2,1-3H3. The van der Waals surface area contributed by atoms with Crippen molar-refractivity contribution in [2.75, 3.05) is 33.7 Å². The normalized spacial score (nSPS) is 21.0. The van der Waals surface area contributed by atoms with E-state index >= 15 is 0 Å². The van der Waals surface area contributed by atoms with Gasteiger partial charge >= 0.3 is 0 Å². The molecule has 1 saturated heterocycles. The Labute approximate surface area is 135 Å². The lowest BCUT2D eigenvalue weighted by Crippen LogP contribution is -2.58. The van der Waals surface area contributed by atoms with Crippen molar-refractivity contribution in [3.8, 4) is 0 Å². The van der Waals surface area contributed by atoms with Gasteiger partial charge in [-0.2, -0.15) is 0 Å². The molecule has 1 aromatic rings. The van der Waals surface area contributed by atoms with E-state index in [4.69, 9.17) is 0 Å². The molecule has 0 radical (unpaired) electrons. The molecule has 0 saturated carbocycles. The Bertz CT molecular complexity index is 475. The zero-order valence-corrected chi connectivity index (χ0v) is 14.6. The number of amides is 1. The average Bonchev–Trinajstić information content (AvgIpc) is 2.49. The first-order chi connectivity index (χ1) is 10.0. The Kier molecular flexibility index (Phi) is 5.79. The molecular formula is C16H24BrN3O. The molecule has 116 valence electrons. The fourth-order valence-corrected chi connectivity index (χ4v) is 3.23. The Balaban J connectivity index is 2.25. The molecule has 0 aromatic heterocycles. The second-order valence-electron chi connectivity index (χ2n) is 5.67. The van der Waals surface area contributed by atoms with Gasteiger partial charge in [0.15, 0.2) is 0 Å². The highest BCUT2D eigenvalue weighted by Gasteiger charge is 2.34. The third kappa shape index (κ3) is 3.84. The van der Waals surface area contributed by atoms with E-state index in [2.05, 4.69) is 57.3 Å². The van der Waals surface area contributed by atoms with E-state index in [0.717, 1.165) is 30.5 Å². The van der Waals surface area contributed by atoms with Crippen LogP contribution in [0.5, 0.6) is 0 Å². The first-order valence-electron chi connectivity index (χ1n) is 7.47. The second kappa shape index (κ2) is 7.38. The molecule has 0 bridgehead atoms. The van der Waals surface area contributed by atoms with E-state index in [1.807, 2.05) is 14.1 Å². The minimum Gasteiger partial charge on any atom is -0.347 e. The van der Waals surface area contributed by atoms with Crippen LogP contribution < -0.4 is 5.32 Å². The largest absolute Gasteiger partial charge is 0.347 e. The molecule has 0 aliphatic carbocycles. The van der Waals surface area contributed by atoms with Gasteiger partial charge in [0, 0.05) is 44.2 Å².